The summed E-state index contributed by atoms with van der Waals surface area (Å²) >= 11 is 3.00. The number of hydrogen-bond donors (Lipinski definition) is 3. The Kier molecular flexibility index (Phi) is 5.71. The highest BCUT2D eigenvalue weighted by molar-refractivity contribution is 9.10. The van der Waals surface area contributed by atoms with Crippen molar-refractivity contribution in [3.05, 3.63) is 39.0 Å². The number of benzene rings is 1. The molecule has 5 nitrogen and oxygen atoms in total. The molecule has 2 rings (SSSR count). The lowest BCUT2D eigenvalue weighted by atomic mass is 9.94. The standard InChI is InChI=1S/C16H19BrF2NO4P/c1-4-9-10(5-2)15(8(3)21)20-14-7-12(13(17)6-11(9)14)16(18,19)25(22,23)24/h6-8,21H,4-5H2,1-3H3,(H2,22,23,24). The first-order valence-electron chi connectivity index (χ1n) is 7.72. The summed E-state index contributed by atoms with van der Waals surface area (Å²) in [6.07, 6.45) is 0.325. The summed E-state index contributed by atoms with van der Waals surface area (Å²) < 4.78 is 39.4. The minimum atomic E-state index is -5.70. The number of aliphatic hydroxyl groups is 1. The molecule has 3 N–H and O–H groups in total. The first-order chi connectivity index (χ1) is 11.5. The second-order valence-electron chi connectivity index (χ2n) is 5.77. The Morgan fingerprint density at radius 2 is 1.80 bits per heavy atom. The van der Waals surface area contributed by atoms with Gasteiger partial charge in [0.05, 0.1) is 17.3 Å². The first-order valence-corrected chi connectivity index (χ1v) is 10.1. The van der Waals surface area contributed by atoms with E-state index in [0.717, 1.165) is 17.2 Å². The van der Waals surface area contributed by atoms with Crippen molar-refractivity contribution in [2.24, 2.45) is 0 Å². The topological polar surface area (TPSA) is 90.7 Å². The van der Waals surface area contributed by atoms with Gasteiger partial charge in [0.2, 0.25) is 0 Å². The molecule has 0 spiro atoms. The van der Waals surface area contributed by atoms with E-state index in [1.54, 1.807) is 0 Å². The normalized spacial score (nSPS) is 14.1. The average Bonchev–Trinajstić information content (AvgIpc) is 2.50. The SMILES string of the molecule is CCc1c(C(C)O)nc2cc(C(F)(F)P(=O)(O)O)c(Br)cc2c1CC. The van der Waals surface area contributed by atoms with Crippen LogP contribution in [0.4, 0.5) is 8.78 Å². The molecular formula is C16H19BrF2NO4P. The fraction of sp³-hybridized carbons (Fsp3) is 0.438. The molecule has 0 aliphatic rings. The summed E-state index contributed by atoms with van der Waals surface area (Å²) in [5.74, 6) is 0. The minimum absolute atomic E-state index is 0.100. The van der Waals surface area contributed by atoms with Gasteiger partial charge in [0.25, 0.3) is 0 Å². The highest BCUT2D eigenvalue weighted by Crippen LogP contribution is 2.60. The van der Waals surface area contributed by atoms with Crippen LogP contribution in [0.25, 0.3) is 10.9 Å². The van der Waals surface area contributed by atoms with Crippen LogP contribution in [0.15, 0.2) is 16.6 Å². The van der Waals surface area contributed by atoms with Crippen molar-refractivity contribution in [1.82, 2.24) is 4.98 Å². The Bertz CT molecular complexity index is 867. The smallest absolute Gasteiger partial charge is 0.387 e. The third kappa shape index (κ3) is 3.51. The van der Waals surface area contributed by atoms with Gasteiger partial charge in [0.15, 0.2) is 0 Å². The molecule has 138 valence electrons. The van der Waals surface area contributed by atoms with Gasteiger partial charge in [-0.3, -0.25) is 4.57 Å². The maximum atomic E-state index is 14.2. The molecule has 25 heavy (non-hydrogen) atoms. The van der Waals surface area contributed by atoms with E-state index in [4.69, 9.17) is 9.79 Å². The zero-order valence-electron chi connectivity index (χ0n) is 13.9. The van der Waals surface area contributed by atoms with Crippen molar-refractivity contribution in [1.29, 1.82) is 0 Å². The molecule has 1 aromatic carbocycles. The number of aryl methyl sites for hydroxylation is 1. The molecule has 0 saturated carbocycles. The van der Waals surface area contributed by atoms with Crippen LogP contribution >= 0.6 is 23.5 Å². The maximum absolute atomic E-state index is 14.2. The van der Waals surface area contributed by atoms with Crippen molar-refractivity contribution < 1.29 is 28.2 Å². The lowest BCUT2D eigenvalue weighted by Crippen LogP contribution is -2.15. The Morgan fingerprint density at radius 3 is 2.24 bits per heavy atom. The van der Waals surface area contributed by atoms with Crippen LogP contribution < -0.4 is 0 Å². The molecule has 1 atom stereocenters. The molecule has 1 aromatic heterocycles. The van der Waals surface area contributed by atoms with E-state index in [2.05, 4.69) is 20.9 Å². The summed E-state index contributed by atoms with van der Waals surface area (Å²) in [7, 11) is -5.70. The number of halogens is 3. The lowest BCUT2D eigenvalue weighted by Gasteiger charge is -2.22. The molecule has 0 bridgehead atoms. The van der Waals surface area contributed by atoms with Gasteiger partial charge in [-0.1, -0.05) is 29.8 Å². The van der Waals surface area contributed by atoms with Gasteiger partial charge in [-0.25, -0.2) is 4.98 Å². The quantitative estimate of drug-likeness (QED) is 0.602. The Labute approximate surface area is 152 Å². The van der Waals surface area contributed by atoms with Crippen LogP contribution in [-0.2, 0) is 23.1 Å². The van der Waals surface area contributed by atoms with Gasteiger partial charge in [0, 0.05) is 15.4 Å². The van der Waals surface area contributed by atoms with E-state index in [9.17, 15) is 18.5 Å². The van der Waals surface area contributed by atoms with Crippen LogP contribution in [0.1, 0.15) is 49.3 Å². The highest BCUT2D eigenvalue weighted by atomic mass is 79.9. The molecule has 0 fully saturated rings. The fourth-order valence-electron chi connectivity index (χ4n) is 2.94. The Hall–Kier alpha value is -0.920. The highest BCUT2D eigenvalue weighted by Gasteiger charge is 2.51. The Morgan fingerprint density at radius 1 is 1.24 bits per heavy atom. The summed E-state index contributed by atoms with van der Waals surface area (Å²) in [4.78, 5) is 22.3. The summed E-state index contributed by atoms with van der Waals surface area (Å²) in [6, 6.07) is 2.38. The third-order valence-corrected chi connectivity index (χ3v) is 5.75. The molecule has 9 heteroatoms. The second-order valence-corrected chi connectivity index (χ2v) is 8.28. The van der Waals surface area contributed by atoms with Gasteiger partial charge in [-0.15, -0.1) is 0 Å². The predicted octanol–water partition coefficient (Wildman–Crippen LogP) is 4.40. The second kappa shape index (κ2) is 7.00. The maximum Gasteiger partial charge on any atom is 0.399 e. The monoisotopic (exact) mass is 437 g/mol. The number of aromatic nitrogens is 1. The fourth-order valence-corrected chi connectivity index (χ4v) is 4.19. The summed E-state index contributed by atoms with van der Waals surface area (Å²) in [6.45, 7) is 5.36. The molecule has 0 radical (unpaired) electrons. The van der Waals surface area contributed by atoms with Crippen molar-refractivity contribution >= 4 is 34.4 Å². The number of alkyl halides is 2. The number of pyridine rings is 1. The molecular weight excluding hydrogens is 419 g/mol. The largest absolute Gasteiger partial charge is 0.399 e. The lowest BCUT2D eigenvalue weighted by molar-refractivity contribution is 0.0558. The molecule has 0 amide bonds. The van der Waals surface area contributed by atoms with E-state index >= 15 is 0 Å². The van der Waals surface area contributed by atoms with E-state index in [0.29, 0.717) is 23.9 Å². The van der Waals surface area contributed by atoms with Crippen LogP contribution in [0.2, 0.25) is 0 Å². The van der Waals surface area contributed by atoms with Crippen molar-refractivity contribution in [3.63, 3.8) is 0 Å². The number of nitrogens with zero attached hydrogens (tertiary/aromatic N) is 1. The van der Waals surface area contributed by atoms with Crippen LogP contribution in [0.5, 0.6) is 0 Å². The zero-order valence-corrected chi connectivity index (χ0v) is 16.4. The van der Waals surface area contributed by atoms with Crippen molar-refractivity contribution in [3.8, 4) is 0 Å². The molecule has 1 heterocycles. The molecule has 0 aliphatic carbocycles. The molecule has 0 aliphatic heterocycles. The van der Waals surface area contributed by atoms with Crippen molar-refractivity contribution in [2.75, 3.05) is 0 Å². The predicted molar refractivity (Wildman–Crippen MR) is 94.8 cm³/mol. The summed E-state index contributed by atoms with van der Waals surface area (Å²) in [5, 5.41) is 10.6. The number of fused-ring (bicyclic) bond motifs is 1. The van der Waals surface area contributed by atoms with Crippen LogP contribution in [-0.4, -0.2) is 19.9 Å². The van der Waals surface area contributed by atoms with E-state index in [-0.39, 0.29) is 9.99 Å². The van der Waals surface area contributed by atoms with Crippen LogP contribution in [0.3, 0.4) is 0 Å². The zero-order chi connectivity index (χ0) is 19.2. The third-order valence-electron chi connectivity index (χ3n) is 4.12. The number of hydrogen-bond acceptors (Lipinski definition) is 3. The first kappa shape index (κ1) is 20.4. The van der Waals surface area contributed by atoms with E-state index in [1.165, 1.54) is 13.0 Å². The minimum Gasteiger partial charge on any atom is -0.387 e. The van der Waals surface area contributed by atoms with Gasteiger partial charge >= 0.3 is 13.3 Å². The molecule has 0 saturated heterocycles. The van der Waals surface area contributed by atoms with Crippen LogP contribution in [0, 0.1) is 0 Å². The number of aliphatic hydroxyl groups excluding tert-OH is 1. The number of rotatable bonds is 5. The van der Waals surface area contributed by atoms with Gasteiger partial charge in [-0.05, 0) is 43.0 Å². The van der Waals surface area contributed by atoms with E-state index < -0.39 is 24.9 Å². The summed E-state index contributed by atoms with van der Waals surface area (Å²) in [5.41, 5.74) is -2.90. The van der Waals surface area contributed by atoms with Gasteiger partial charge in [-0.2, -0.15) is 8.78 Å². The average molecular weight is 438 g/mol. The Balaban J connectivity index is 2.91. The van der Waals surface area contributed by atoms with E-state index in [1.807, 2.05) is 13.8 Å². The molecule has 1 unspecified atom stereocenters. The molecule has 2 aromatic rings. The van der Waals surface area contributed by atoms with Gasteiger partial charge < -0.3 is 14.9 Å². The van der Waals surface area contributed by atoms with Gasteiger partial charge in [0.1, 0.15) is 0 Å². The van der Waals surface area contributed by atoms with Crippen molar-refractivity contribution in [2.45, 2.75) is 45.4 Å².